The Morgan fingerprint density at radius 2 is 2.21 bits per heavy atom. The summed E-state index contributed by atoms with van der Waals surface area (Å²) < 4.78 is 29.6. The molecule has 0 aromatic carbocycles. The smallest absolute Gasteiger partial charge is 0.266 e. The van der Waals surface area contributed by atoms with Crippen molar-refractivity contribution in [1.82, 2.24) is 10.2 Å². The van der Waals surface area contributed by atoms with E-state index >= 15 is 0 Å². The summed E-state index contributed by atoms with van der Waals surface area (Å²) in [6.07, 6.45) is 0. The molecule has 0 aromatic rings. The zero-order valence-electron chi connectivity index (χ0n) is 7.89. The quantitative estimate of drug-likeness (QED) is 0.485. The van der Waals surface area contributed by atoms with E-state index in [-0.39, 0.29) is 24.9 Å². The molecule has 6 nitrogen and oxygen atoms in total. The average Bonchev–Trinajstić information content (AvgIpc) is 2.14. The molecule has 1 aliphatic rings. The predicted molar refractivity (Wildman–Crippen MR) is 51.7 cm³/mol. The van der Waals surface area contributed by atoms with Gasteiger partial charge in [-0.2, -0.15) is 8.42 Å². The predicted octanol–water partition coefficient (Wildman–Crippen LogP) is -1.86. The fraction of sp³-hybridized carbons (Fsp3) is 1.00. The van der Waals surface area contributed by atoms with Gasteiger partial charge in [-0.05, 0) is 0 Å². The standard InChI is InChI=1S/C7H16N2O4S/c10-6-7-5-8-1-2-9(7)3-4-14(11,12)13/h7-8,10H,1-6H2,(H,11,12,13). The second-order valence-electron chi connectivity index (χ2n) is 3.36. The zero-order valence-corrected chi connectivity index (χ0v) is 8.70. The summed E-state index contributed by atoms with van der Waals surface area (Å²) in [5.41, 5.74) is 0. The first-order valence-electron chi connectivity index (χ1n) is 4.54. The zero-order chi connectivity index (χ0) is 10.6. The SMILES string of the molecule is O=S(=O)(O)CCN1CCNCC1CO. The summed E-state index contributed by atoms with van der Waals surface area (Å²) >= 11 is 0. The molecule has 1 aliphatic heterocycles. The Morgan fingerprint density at radius 3 is 2.79 bits per heavy atom. The molecule has 1 rings (SSSR count). The van der Waals surface area contributed by atoms with E-state index in [2.05, 4.69) is 5.32 Å². The fourth-order valence-corrected chi connectivity index (χ4v) is 1.98. The number of aliphatic hydroxyl groups is 1. The third kappa shape index (κ3) is 3.89. The molecule has 1 atom stereocenters. The highest BCUT2D eigenvalue weighted by atomic mass is 32.2. The molecule has 0 amide bonds. The second-order valence-corrected chi connectivity index (χ2v) is 4.93. The maximum absolute atomic E-state index is 10.5. The topological polar surface area (TPSA) is 89.9 Å². The van der Waals surface area contributed by atoms with Crippen molar-refractivity contribution in [3.05, 3.63) is 0 Å². The molecule has 0 spiro atoms. The number of piperazine rings is 1. The number of aliphatic hydroxyl groups excluding tert-OH is 1. The molecule has 0 radical (unpaired) electrons. The summed E-state index contributed by atoms with van der Waals surface area (Å²) in [4.78, 5) is 1.87. The lowest BCUT2D eigenvalue weighted by Gasteiger charge is -2.34. The molecule has 0 saturated carbocycles. The van der Waals surface area contributed by atoms with Crippen molar-refractivity contribution in [2.24, 2.45) is 0 Å². The summed E-state index contributed by atoms with van der Waals surface area (Å²) in [6.45, 7) is 2.40. The summed E-state index contributed by atoms with van der Waals surface area (Å²) in [5.74, 6) is -0.274. The lowest BCUT2D eigenvalue weighted by atomic mass is 10.2. The molecule has 0 aromatic heterocycles. The van der Waals surface area contributed by atoms with Crippen LogP contribution < -0.4 is 5.32 Å². The van der Waals surface area contributed by atoms with E-state index in [1.165, 1.54) is 0 Å². The van der Waals surface area contributed by atoms with Gasteiger partial charge in [-0.25, -0.2) is 0 Å². The molecule has 1 heterocycles. The van der Waals surface area contributed by atoms with Crippen molar-refractivity contribution >= 4 is 10.1 Å². The first kappa shape index (κ1) is 11.9. The molecular weight excluding hydrogens is 208 g/mol. The number of nitrogens with one attached hydrogen (secondary N) is 1. The van der Waals surface area contributed by atoms with Crippen molar-refractivity contribution in [1.29, 1.82) is 0 Å². The summed E-state index contributed by atoms with van der Waals surface area (Å²) in [5, 5.41) is 12.1. The van der Waals surface area contributed by atoms with Gasteiger partial charge in [0.1, 0.15) is 0 Å². The minimum absolute atomic E-state index is 0.00151. The van der Waals surface area contributed by atoms with Crippen molar-refractivity contribution in [2.75, 3.05) is 38.5 Å². The number of nitrogens with zero attached hydrogens (tertiary/aromatic N) is 1. The van der Waals surface area contributed by atoms with Crippen LogP contribution in [0.2, 0.25) is 0 Å². The maximum Gasteiger partial charge on any atom is 0.266 e. The van der Waals surface area contributed by atoms with E-state index in [1.54, 1.807) is 0 Å². The van der Waals surface area contributed by atoms with Crippen LogP contribution in [-0.4, -0.2) is 67.6 Å². The third-order valence-corrected chi connectivity index (χ3v) is 3.02. The van der Waals surface area contributed by atoms with E-state index in [4.69, 9.17) is 9.66 Å². The second kappa shape index (κ2) is 5.04. The van der Waals surface area contributed by atoms with Gasteiger partial charge in [0.15, 0.2) is 0 Å². The molecule has 1 saturated heterocycles. The van der Waals surface area contributed by atoms with Crippen LogP contribution in [0, 0.1) is 0 Å². The Labute approximate surface area is 83.7 Å². The van der Waals surface area contributed by atoms with Crippen LogP contribution >= 0.6 is 0 Å². The van der Waals surface area contributed by atoms with Gasteiger partial charge in [0.25, 0.3) is 10.1 Å². The Bertz CT molecular complexity index is 267. The molecular formula is C7H16N2O4S. The summed E-state index contributed by atoms with van der Waals surface area (Å²) in [7, 11) is -3.90. The van der Waals surface area contributed by atoms with Crippen molar-refractivity contribution in [3.8, 4) is 0 Å². The van der Waals surface area contributed by atoms with Crippen LogP contribution in [0.4, 0.5) is 0 Å². The third-order valence-electron chi connectivity index (χ3n) is 2.32. The molecule has 14 heavy (non-hydrogen) atoms. The number of rotatable bonds is 4. The fourth-order valence-electron chi connectivity index (χ4n) is 1.51. The molecule has 84 valence electrons. The maximum atomic E-state index is 10.5. The van der Waals surface area contributed by atoms with Gasteiger partial charge >= 0.3 is 0 Å². The molecule has 1 fully saturated rings. The van der Waals surface area contributed by atoms with Crippen molar-refractivity contribution in [3.63, 3.8) is 0 Å². The van der Waals surface area contributed by atoms with Gasteiger partial charge in [-0.1, -0.05) is 0 Å². The van der Waals surface area contributed by atoms with E-state index in [0.717, 1.165) is 6.54 Å². The highest BCUT2D eigenvalue weighted by Gasteiger charge is 2.22. The largest absolute Gasteiger partial charge is 0.395 e. The lowest BCUT2D eigenvalue weighted by Crippen LogP contribution is -2.53. The number of hydrogen-bond acceptors (Lipinski definition) is 5. The molecule has 1 unspecified atom stereocenters. The van der Waals surface area contributed by atoms with Crippen LogP contribution in [-0.2, 0) is 10.1 Å². The van der Waals surface area contributed by atoms with Gasteiger partial charge in [-0.3, -0.25) is 9.45 Å². The first-order chi connectivity index (χ1) is 6.53. The number of hydrogen-bond donors (Lipinski definition) is 3. The van der Waals surface area contributed by atoms with Gasteiger partial charge in [0, 0.05) is 32.2 Å². The van der Waals surface area contributed by atoms with Gasteiger partial charge in [0.2, 0.25) is 0 Å². The molecule has 7 heteroatoms. The van der Waals surface area contributed by atoms with E-state index in [9.17, 15) is 8.42 Å². The van der Waals surface area contributed by atoms with Crippen LogP contribution in [0.3, 0.4) is 0 Å². The first-order valence-corrected chi connectivity index (χ1v) is 6.14. The molecule has 0 aliphatic carbocycles. The molecule has 0 bridgehead atoms. The van der Waals surface area contributed by atoms with Crippen LogP contribution in [0.25, 0.3) is 0 Å². The van der Waals surface area contributed by atoms with E-state index in [1.807, 2.05) is 4.90 Å². The lowest BCUT2D eigenvalue weighted by molar-refractivity contribution is 0.106. The van der Waals surface area contributed by atoms with E-state index in [0.29, 0.717) is 13.1 Å². The van der Waals surface area contributed by atoms with Crippen molar-refractivity contribution < 1.29 is 18.1 Å². The van der Waals surface area contributed by atoms with Gasteiger partial charge in [-0.15, -0.1) is 0 Å². The molecule has 3 N–H and O–H groups in total. The van der Waals surface area contributed by atoms with E-state index < -0.39 is 10.1 Å². The van der Waals surface area contributed by atoms with Crippen LogP contribution in [0.1, 0.15) is 0 Å². The monoisotopic (exact) mass is 224 g/mol. The van der Waals surface area contributed by atoms with Gasteiger partial charge < -0.3 is 10.4 Å². The normalized spacial score (nSPS) is 25.1. The minimum atomic E-state index is -3.90. The minimum Gasteiger partial charge on any atom is -0.395 e. The Hall–Kier alpha value is -0.210. The highest BCUT2D eigenvalue weighted by molar-refractivity contribution is 7.85. The van der Waals surface area contributed by atoms with Crippen LogP contribution in [0.15, 0.2) is 0 Å². The van der Waals surface area contributed by atoms with Crippen LogP contribution in [0.5, 0.6) is 0 Å². The Morgan fingerprint density at radius 1 is 1.50 bits per heavy atom. The van der Waals surface area contributed by atoms with Crippen molar-refractivity contribution in [2.45, 2.75) is 6.04 Å². The van der Waals surface area contributed by atoms with Gasteiger partial charge in [0.05, 0.1) is 12.4 Å². The Kier molecular flexibility index (Phi) is 4.27. The highest BCUT2D eigenvalue weighted by Crippen LogP contribution is 2.02. The Balaban J connectivity index is 2.41. The average molecular weight is 224 g/mol. The summed E-state index contributed by atoms with van der Waals surface area (Å²) in [6, 6.07) is -0.0505.